The Bertz CT molecular complexity index is 433. The summed E-state index contributed by atoms with van der Waals surface area (Å²) in [6, 6.07) is 6.52. The van der Waals surface area contributed by atoms with Crippen molar-refractivity contribution >= 4 is 22.0 Å². The highest BCUT2D eigenvalue weighted by Crippen LogP contribution is 2.23. The van der Waals surface area contributed by atoms with Crippen LogP contribution >= 0.6 is 15.9 Å². The summed E-state index contributed by atoms with van der Waals surface area (Å²) < 4.78 is 1.18. The Morgan fingerprint density at radius 3 is 2.47 bits per heavy atom. The molecule has 0 saturated heterocycles. The van der Waals surface area contributed by atoms with Crippen LogP contribution in [0.25, 0.3) is 6.08 Å². The highest BCUT2D eigenvalue weighted by atomic mass is 79.9. The Balaban J connectivity index is 2.82. The van der Waals surface area contributed by atoms with Crippen LogP contribution < -0.4 is 5.32 Å². The second-order valence-electron chi connectivity index (χ2n) is 5.92. The molecule has 0 aliphatic heterocycles. The minimum atomic E-state index is 0.563. The van der Waals surface area contributed by atoms with Gasteiger partial charge < -0.3 is 5.32 Å². The van der Waals surface area contributed by atoms with Crippen molar-refractivity contribution in [2.45, 2.75) is 34.6 Å². The summed E-state index contributed by atoms with van der Waals surface area (Å²) in [6.07, 6.45) is 2.31. The van der Waals surface area contributed by atoms with E-state index >= 15 is 0 Å². The predicted octanol–water partition coefficient (Wildman–Crippen LogP) is 5.04. The van der Waals surface area contributed by atoms with Crippen LogP contribution in [0.4, 0.5) is 0 Å². The Morgan fingerprint density at radius 1 is 1.26 bits per heavy atom. The molecule has 1 N–H and O–H groups in total. The Hall–Kier alpha value is -0.600. The van der Waals surface area contributed by atoms with E-state index in [4.69, 9.17) is 0 Å². The smallest absolute Gasteiger partial charge is 0.0250 e. The lowest BCUT2D eigenvalue weighted by Crippen LogP contribution is -2.23. The van der Waals surface area contributed by atoms with Crippen molar-refractivity contribution < 1.29 is 0 Å². The van der Waals surface area contributed by atoms with E-state index in [0.717, 1.165) is 13.1 Å². The third-order valence-corrected chi connectivity index (χ3v) is 3.81. The van der Waals surface area contributed by atoms with Crippen molar-refractivity contribution in [2.24, 2.45) is 11.8 Å². The lowest BCUT2D eigenvalue weighted by molar-refractivity contribution is 0.558. The molecule has 0 spiro atoms. The molecule has 1 aromatic carbocycles. The molecule has 1 aromatic rings. The predicted molar refractivity (Wildman–Crippen MR) is 89.4 cm³/mol. The molecule has 0 saturated carbocycles. The first-order valence-electron chi connectivity index (χ1n) is 7.07. The maximum absolute atomic E-state index is 3.65. The lowest BCUT2D eigenvalue weighted by atomic mass is 9.99. The summed E-state index contributed by atoms with van der Waals surface area (Å²) in [5.41, 5.74) is 4.00. The number of hydrogen-bond donors (Lipinski definition) is 1. The molecule has 1 nitrogen and oxygen atoms in total. The molecule has 0 bridgehead atoms. The summed E-state index contributed by atoms with van der Waals surface area (Å²) in [5, 5.41) is 3.53. The fraction of sp³-hybridized carbons (Fsp3) is 0.529. The van der Waals surface area contributed by atoms with Crippen molar-refractivity contribution in [3.8, 4) is 0 Å². The molecule has 0 fully saturated rings. The number of rotatable bonds is 6. The van der Waals surface area contributed by atoms with Gasteiger partial charge in [0.05, 0.1) is 0 Å². The molecule has 106 valence electrons. The van der Waals surface area contributed by atoms with Crippen LogP contribution in [0.5, 0.6) is 0 Å². The first-order valence-corrected chi connectivity index (χ1v) is 7.86. The zero-order valence-corrected chi connectivity index (χ0v) is 14.3. The minimum Gasteiger partial charge on any atom is -0.313 e. The van der Waals surface area contributed by atoms with Crippen molar-refractivity contribution in [3.63, 3.8) is 0 Å². The van der Waals surface area contributed by atoms with Gasteiger partial charge in [-0.2, -0.15) is 0 Å². The monoisotopic (exact) mass is 323 g/mol. The summed E-state index contributed by atoms with van der Waals surface area (Å²) >= 11 is 3.65. The molecular weight excluding hydrogens is 298 g/mol. The second kappa shape index (κ2) is 7.86. The fourth-order valence-electron chi connectivity index (χ4n) is 1.88. The highest BCUT2D eigenvalue weighted by Gasteiger charge is 2.06. The number of hydrogen-bond acceptors (Lipinski definition) is 1. The van der Waals surface area contributed by atoms with Crippen LogP contribution in [0, 0.1) is 18.8 Å². The molecule has 0 heterocycles. The SMILES string of the molecule is Cc1ccc(/C=C(/CNCC(C)C)C(C)C)c(Br)c1. The Labute approximate surface area is 126 Å². The van der Waals surface area contributed by atoms with Gasteiger partial charge in [-0.1, -0.05) is 67.4 Å². The van der Waals surface area contributed by atoms with Crippen molar-refractivity contribution in [1.82, 2.24) is 5.32 Å². The normalized spacial score (nSPS) is 12.5. The first kappa shape index (κ1) is 16.5. The molecule has 1 rings (SSSR count). The van der Waals surface area contributed by atoms with Gasteiger partial charge in [-0.25, -0.2) is 0 Å². The summed E-state index contributed by atoms with van der Waals surface area (Å²) in [7, 11) is 0. The van der Waals surface area contributed by atoms with E-state index in [1.165, 1.54) is 21.2 Å². The maximum atomic E-state index is 3.65. The molecule has 0 atom stereocenters. The van der Waals surface area contributed by atoms with Crippen LogP contribution in [0.3, 0.4) is 0 Å². The molecule has 0 unspecified atom stereocenters. The summed E-state index contributed by atoms with van der Waals surface area (Å²) in [5.74, 6) is 1.26. The van der Waals surface area contributed by atoms with Crippen LogP contribution in [-0.2, 0) is 0 Å². The van der Waals surface area contributed by atoms with E-state index in [1.807, 2.05) is 0 Å². The standard InChI is InChI=1S/C17H26BrN/c1-12(2)10-19-11-16(13(3)4)9-15-7-6-14(5)8-17(15)18/h6-9,12-13,19H,10-11H2,1-5H3/b16-9-. The summed E-state index contributed by atoms with van der Waals surface area (Å²) in [6.45, 7) is 13.1. The topological polar surface area (TPSA) is 12.0 Å². The zero-order chi connectivity index (χ0) is 14.4. The van der Waals surface area contributed by atoms with Crippen LogP contribution in [0.2, 0.25) is 0 Å². The van der Waals surface area contributed by atoms with E-state index in [1.54, 1.807) is 0 Å². The van der Waals surface area contributed by atoms with Crippen LogP contribution in [-0.4, -0.2) is 13.1 Å². The van der Waals surface area contributed by atoms with Gasteiger partial charge in [0, 0.05) is 11.0 Å². The van der Waals surface area contributed by atoms with Gasteiger partial charge >= 0.3 is 0 Å². The van der Waals surface area contributed by atoms with Crippen molar-refractivity contribution in [3.05, 3.63) is 39.4 Å². The molecule has 0 aliphatic rings. The molecular formula is C17H26BrN. The van der Waals surface area contributed by atoms with Gasteiger partial charge in [0.2, 0.25) is 0 Å². The van der Waals surface area contributed by atoms with Crippen LogP contribution in [0.1, 0.15) is 38.8 Å². The molecule has 2 heteroatoms. The lowest BCUT2D eigenvalue weighted by Gasteiger charge is -2.15. The second-order valence-corrected chi connectivity index (χ2v) is 6.78. The van der Waals surface area contributed by atoms with Gasteiger partial charge in [0.15, 0.2) is 0 Å². The Kier molecular flexibility index (Phi) is 6.81. The molecule has 0 aromatic heterocycles. The third-order valence-electron chi connectivity index (χ3n) is 3.12. The number of halogens is 1. The van der Waals surface area contributed by atoms with Gasteiger partial charge in [-0.05, 0) is 42.5 Å². The van der Waals surface area contributed by atoms with Gasteiger partial charge in [-0.15, -0.1) is 0 Å². The minimum absolute atomic E-state index is 0.563. The van der Waals surface area contributed by atoms with Gasteiger partial charge in [0.25, 0.3) is 0 Å². The molecule has 19 heavy (non-hydrogen) atoms. The van der Waals surface area contributed by atoms with E-state index in [0.29, 0.717) is 11.8 Å². The average molecular weight is 324 g/mol. The quantitative estimate of drug-likeness (QED) is 0.773. The zero-order valence-electron chi connectivity index (χ0n) is 12.8. The largest absolute Gasteiger partial charge is 0.313 e. The van der Waals surface area contributed by atoms with E-state index in [9.17, 15) is 0 Å². The maximum Gasteiger partial charge on any atom is 0.0250 e. The van der Waals surface area contributed by atoms with Crippen LogP contribution in [0.15, 0.2) is 28.2 Å². The molecule has 0 radical (unpaired) electrons. The van der Waals surface area contributed by atoms with Gasteiger partial charge in [0.1, 0.15) is 0 Å². The van der Waals surface area contributed by atoms with E-state index in [-0.39, 0.29) is 0 Å². The van der Waals surface area contributed by atoms with Gasteiger partial charge in [-0.3, -0.25) is 0 Å². The van der Waals surface area contributed by atoms with E-state index in [2.05, 4.69) is 80.1 Å². The molecule has 0 amide bonds. The average Bonchev–Trinajstić information content (AvgIpc) is 2.30. The number of benzene rings is 1. The first-order chi connectivity index (χ1) is 8.90. The van der Waals surface area contributed by atoms with Crippen molar-refractivity contribution in [1.29, 1.82) is 0 Å². The molecule has 0 aliphatic carbocycles. The third kappa shape index (κ3) is 5.92. The fourth-order valence-corrected chi connectivity index (χ4v) is 2.48. The van der Waals surface area contributed by atoms with E-state index < -0.39 is 0 Å². The number of nitrogens with one attached hydrogen (secondary N) is 1. The highest BCUT2D eigenvalue weighted by molar-refractivity contribution is 9.10. The Morgan fingerprint density at radius 2 is 1.95 bits per heavy atom. The summed E-state index contributed by atoms with van der Waals surface area (Å²) in [4.78, 5) is 0. The van der Waals surface area contributed by atoms with Crippen molar-refractivity contribution in [2.75, 3.05) is 13.1 Å². The number of aryl methyl sites for hydroxylation is 1.